The number of hydrogen-bond donors (Lipinski definition) is 3. The smallest absolute Gasteiger partial charge is 0.408 e. The van der Waals surface area contributed by atoms with Crippen molar-refractivity contribution in [3.63, 3.8) is 0 Å². The van der Waals surface area contributed by atoms with Gasteiger partial charge in [0.05, 0.1) is 5.56 Å². The number of amides is 2. The van der Waals surface area contributed by atoms with Crippen LogP contribution in [-0.4, -0.2) is 35.2 Å². The number of carboxylic acids is 1. The van der Waals surface area contributed by atoms with E-state index in [2.05, 4.69) is 10.6 Å². The van der Waals surface area contributed by atoms with Crippen LogP contribution in [0.5, 0.6) is 0 Å². The van der Waals surface area contributed by atoms with Crippen LogP contribution in [0.3, 0.4) is 0 Å². The third kappa shape index (κ3) is 4.87. The number of aromatic carboxylic acids is 1. The molecule has 1 aliphatic carbocycles. The van der Waals surface area contributed by atoms with Crippen molar-refractivity contribution >= 4 is 23.7 Å². The predicted molar refractivity (Wildman–Crippen MR) is 129 cm³/mol. The Morgan fingerprint density at radius 3 is 2.17 bits per heavy atom. The van der Waals surface area contributed by atoms with Gasteiger partial charge in [-0.3, -0.25) is 4.79 Å². The molecule has 35 heavy (non-hydrogen) atoms. The molecule has 1 atom stereocenters. The molecule has 0 saturated carbocycles. The molecule has 0 saturated heterocycles. The predicted octanol–water partition coefficient (Wildman–Crippen LogP) is 5.17. The number of halogens is 1. The number of anilines is 1. The highest BCUT2D eigenvalue weighted by Crippen LogP contribution is 2.44. The van der Waals surface area contributed by atoms with Gasteiger partial charge in [-0.2, -0.15) is 0 Å². The molecule has 1 aliphatic rings. The van der Waals surface area contributed by atoms with Crippen LogP contribution in [0.2, 0.25) is 0 Å². The van der Waals surface area contributed by atoms with Gasteiger partial charge in [-0.1, -0.05) is 55.5 Å². The van der Waals surface area contributed by atoms with Gasteiger partial charge in [0.1, 0.15) is 18.0 Å². The summed E-state index contributed by atoms with van der Waals surface area (Å²) >= 11 is 0. The minimum atomic E-state index is -1.38. The van der Waals surface area contributed by atoms with Gasteiger partial charge < -0.3 is 20.5 Å². The molecule has 180 valence electrons. The fraction of sp³-hybridized carbons (Fsp3) is 0.222. The number of benzene rings is 3. The Labute approximate surface area is 201 Å². The van der Waals surface area contributed by atoms with Gasteiger partial charge in [-0.05, 0) is 53.8 Å². The first-order valence-corrected chi connectivity index (χ1v) is 11.2. The maximum atomic E-state index is 13.8. The van der Waals surface area contributed by atoms with E-state index in [1.54, 1.807) is 6.92 Å². The zero-order valence-corrected chi connectivity index (χ0v) is 19.3. The number of rotatable bonds is 7. The summed E-state index contributed by atoms with van der Waals surface area (Å²) < 4.78 is 19.3. The molecule has 3 aromatic carbocycles. The van der Waals surface area contributed by atoms with E-state index >= 15 is 0 Å². The van der Waals surface area contributed by atoms with Crippen LogP contribution in [0.4, 0.5) is 14.9 Å². The first-order valence-electron chi connectivity index (χ1n) is 11.2. The van der Waals surface area contributed by atoms with E-state index in [1.165, 1.54) is 6.92 Å². The number of carbonyl (C=O) groups is 3. The molecule has 2 amide bonds. The van der Waals surface area contributed by atoms with Gasteiger partial charge in [-0.15, -0.1) is 0 Å². The molecule has 4 rings (SSSR count). The fourth-order valence-corrected chi connectivity index (χ4v) is 4.22. The van der Waals surface area contributed by atoms with Crippen molar-refractivity contribution in [2.24, 2.45) is 0 Å². The van der Waals surface area contributed by atoms with Crippen LogP contribution in [-0.2, 0) is 9.53 Å². The van der Waals surface area contributed by atoms with E-state index in [4.69, 9.17) is 9.84 Å². The molecule has 3 N–H and O–H groups in total. The lowest BCUT2D eigenvalue weighted by Crippen LogP contribution is -2.54. The minimum Gasteiger partial charge on any atom is -0.478 e. The lowest BCUT2D eigenvalue weighted by Gasteiger charge is -2.28. The van der Waals surface area contributed by atoms with Crippen molar-refractivity contribution in [2.45, 2.75) is 31.7 Å². The lowest BCUT2D eigenvalue weighted by molar-refractivity contribution is -0.121. The molecule has 8 heteroatoms. The normalized spacial score (nSPS) is 13.8. The van der Waals surface area contributed by atoms with Crippen LogP contribution in [0, 0.1) is 5.82 Å². The first kappa shape index (κ1) is 23.9. The highest BCUT2D eigenvalue weighted by atomic mass is 19.1. The Bertz CT molecular complexity index is 1260. The molecule has 0 heterocycles. The van der Waals surface area contributed by atoms with E-state index in [0.717, 1.165) is 40.5 Å². The van der Waals surface area contributed by atoms with Gasteiger partial charge >= 0.3 is 12.1 Å². The standard InChI is InChI=1S/C27H25FN2O5/c1-3-27(2,25(33)29-18-13-16(24(31)32)12-17(28)14-18)30-26(34)35-15-23-21-10-6-4-8-19(21)20-9-5-7-11-22(20)23/h4-14,23H,3,15H2,1-2H3,(H,29,33)(H,30,34)(H,31,32). The zero-order chi connectivity index (χ0) is 25.2. The third-order valence-corrected chi connectivity index (χ3v) is 6.33. The van der Waals surface area contributed by atoms with Gasteiger partial charge in [0.2, 0.25) is 5.91 Å². The number of carboxylic acid groups (broad SMARTS) is 1. The summed E-state index contributed by atoms with van der Waals surface area (Å²) in [5, 5.41) is 14.2. The summed E-state index contributed by atoms with van der Waals surface area (Å²) in [5.41, 5.74) is 2.63. The van der Waals surface area contributed by atoms with Crippen molar-refractivity contribution in [1.29, 1.82) is 0 Å². The lowest BCUT2D eigenvalue weighted by atomic mass is 9.97. The molecule has 7 nitrogen and oxygen atoms in total. The van der Waals surface area contributed by atoms with E-state index in [-0.39, 0.29) is 30.2 Å². The van der Waals surface area contributed by atoms with Crippen molar-refractivity contribution in [3.05, 3.63) is 89.2 Å². The largest absolute Gasteiger partial charge is 0.478 e. The van der Waals surface area contributed by atoms with Crippen LogP contribution in [0.25, 0.3) is 11.1 Å². The van der Waals surface area contributed by atoms with E-state index in [0.29, 0.717) is 0 Å². The minimum absolute atomic E-state index is 0.0265. The second-order valence-electron chi connectivity index (χ2n) is 8.62. The average Bonchev–Trinajstić information content (AvgIpc) is 3.16. The van der Waals surface area contributed by atoms with Crippen LogP contribution in [0.15, 0.2) is 66.7 Å². The number of ether oxygens (including phenoxy) is 1. The van der Waals surface area contributed by atoms with Gasteiger partial charge in [-0.25, -0.2) is 14.0 Å². The number of alkyl carbamates (subject to hydrolysis) is 1. The van der Waals surface area contributed by atoms with E-state index in [9.17, 15) is 18.8 Å². The molecule has 1 unspecified atom stereocenters. The van der Waals surface area contributed by atoms with Crippen LogP contribution >= 0.6 is 0 Å². The van der Waals surface area contributed by atoms with Crippen molar-refractivity contribution in [1.82, 2.24) is 5.32 Å². The molecule has 0 bridgehead atoms. The second kappa shape index (κ2) is 9.58. The molecule has 0 aliphatic heterocycles. The summed E-state index contributed by atoms with van der Waals surface area (Å²) in [6, 6.07) is 18.9. The quantitative estimate of drug-likeness (QED) is 0.436. The van der Waals surface area contributed by atoms with Crippen LogP contribution < -0.4 is 10.6 Å². The summed E-state index contributed by atoms with van der Waals surface area (Å²) in [6.45, 7) is 3.31. The number of hydrogen-bond acceptors (Lipinski definition) is 4. The number of fused-ring (bicyclic) bond motifs is 3. The zero-order valence-electron chi connectivity index (χ0n) is 19.3. The fourth-order valence-electron chi connectivity index (χ4n) is 4.22. The average molecular weight is 477 g/mol. The van der Waals surface area contributed by atoms with Gasteiger partial charge in [0.25, 0.3) is 0 Å². The summed E-state index contributed by atoms with van der Waals surface area (Å²) in [7, 11) is 0. The Balaban J connectivity index is 1.44. The van der Waals surface area contributed by atoms with Crippen molar-refractivity contribution in [3.8, 4) is 11.1 Å². The topological polar surface area (TPSA) is 105 Å². The van der Waals surface area contributed by atoms with Crippen molar-refractivity contribution in [2.75, 3.05) is 11.9 Å². The van der Waals surface area contributed by atoms with Crippen molar-refractivity contribution < 1.29 is 28.6 Å². The molecular weight excluding hydrogens is 451 g/mol. The Hall–Kier alpha value is -4.20. The maximum Gasteiger partial charge on any atom is 0.408 e. The Kier molecular flexibility index (Phi) is 6.55. The Morgan fingerprint density at radius 1 is 1.00 bits per heavy atom. The summed E-state index contributed by atoms with van der Waals surface area (Å²) in [6.07, 6.45) is -0.554. The maximum absolute atomic E-state index is 13.8. The molecule has 0 spiro atoms. The highest BCUT2D eigenvalue weighted by molar-refractivity contribution is 6.00. The monoisotopic (exact) mass is 476 g/mol. The molecule has 0 radical (unpaired) electrons. The SMILES string of the molecule is CCC(C)(NC(=O)OCC1c2ccccc2-c2ccccc21)C(=O)Nc1cc(F)cc(C(=O)O)c1. The third-order valence-electron chi connectivity index (χ3n) is 6.33. The number of carbonyl (C=O) groups excluding carboxylic acids is 2. The molecule has 3 aromatic rings. The Morgan fingerprint density at radius 2 is 1.60 bits per heavy atom. The molecule has 0 fully saturated rings. The van der Waals surface area contributed by atoms with Gasteiger partial charge in [0, 0.05) is 11.6 Å². The van der Waals surface area contributed by atoms with E-state index < -0.39 is 29.3 Å². The van der Waals surface area contributed by atoms with E-state index in [1.807, 2.05) is 48.5 Å². The number of nitrogens with one attached hydrogen (secondary N) is 2. The second-order valence-corrected chi connectivity index (χ2v) is 8.62. The summed E-state index contributed by atoms with van der Waals surface area (Å²) in [5.74, 6) is -2.88. The van der Waals surface area contributed by atoms with Gasteiger partial charge in [0.15, 0.2) is 0 Å². The molecule has 0 aromatic heterocycles. The van der Waals surface area contributed by atoms with Crippen LogP contribution in [0.1, 0.15) is 47.7 Å². The first-order chi connectivity index (χ1) is 16.7. The highest BCUT2D eigenvalue weighted by Gasteiger charge is 2.35. The summed E-state index contributed by atoms with van der Waals surface area (Å²) in [4.78, 5) is 36.8. The molecular formula is C27H25FN2O5.